The molecule has 6 nitrogen and oxygen atoms in total. The Kier molecular flexibility index (Phi) is 5.05. The highest BCUT2D eigenvalue weighted by Crippen LogP contribution is 2.41. The van der Waals surface area contributed by atoms with Crippen LogP contribution in [0.3, 0.4) is 0 Å². The van der Waals surface area contributed by atoms with Crippen molar-refractivity contribution >= 4 is 17.3 Å². The molecule has 2 unspecified atom stereocenters. The second kappa shape index (κ2) is 7.64. The van der Waals surface area contributed by atoms with Gasteiger partial charge in [-0.15, -0.1) is 0 Å². The van der Waals surface area contributed by atoms with Gasteiger partial charge < -0.3 is 20.1 Å². The van der Waals surface area contributed by atoms with Crippen molar-refractivity contribution < 1.29 is 14.3 Å². The molecule has 2 aliphatic rings. The summed E-state index contributed by atoms with van der Waals surface area (Å²) in [5.41, 5.74) is 5.09. The molecule has 0 bridgehead atoms. The van der Waals surface area contributed by atoms with E-state index in [0.717, 1.165) is 47.8 Å². The Morgan fingerprint density at radius 3 is 2.54 bits per heavy atom. The van der Waals surface area contributed by atoms with Crippen LogP contribution in [-0.4, -0.2) is 45.0 Å². The molecular formula is C22H25N3O3. The first-order chi connectivity index (χ1) is 13.6. The summed E-state index contributed by atoms with van der Waals surface area (Å²) in [5.74, 6) is 1.69. The molecule has 2 atom stereocenters. The zero-order valence-corrected chi connectivity index (χ0v) is 16.4. The highest BCUT2D eigenvalue weighted by Gasteiger charge is 2.34. The number of carbonyl (C=O) groups is 1. The van der Waals surface area contributed by atoms with Crippen LogP contribution in [0.4, 0.5) is 5.69 Å². The fourth-order valence-electron chi connectivity index (χ4n) is 4.10. The van der Waals surface area contributed by atoms with E-state index in [-0.39, 0.29) is 11.9 Å². The Bertz CT molecular complexity index is 921. The summed E-state index contributed by atoms with van der Waals surface area (Å²) in [6.45, 7) is 3.39. The molecule has 2 aliphatic heterocycles. The third-order valence-corrected chi connectivity index (χ3v) is 5.43. The van der Waals surface area contributed by atoms with Crippen LogP contribution in [0.25, 0.3) is 0 Å². The number of aliphatic imine (C=N–C) groups is 1. The smallest absolute Gasteiger partial charge is 0.221 e. The van der Waals surface area contributed by atoms with Gasteiger partial charge in [0.15, 0.2) is 11.5 Å². The van der Waals surface area contributed by atoms with Crippen LogP contribution in [0, 0.1) is 0 Å². The standard InChI is InChI=1S/C22H25N3O3/c1-13(26)24-15-6-4-14(5-7-15)22-17-11-21(28-3)20(27-2)10-16(17)18-12-23-9-8-19(18)25-22/h4-7,10-11,18-19,23H,8-9,12H2,1-3H3,(H,24,26). The maximum Gasteiger partial charge on any atom is 0.221 e. The lowest BCUT2D eigenvalue weighted by molar-refractivity contribution is -0.114. The Morgan fingerprint density at radius 1 is 1.14 bits per heavy atom. The van der Waals surface area contributed by atoms with Crippen molar-refractivity contribution in [2.45, 2.75) is 25.3 Å². The lowest BCUT2D eigenvalue weighted by atomic mass is 9.79. The normalized spacial score (nSPS) is 20.5. The molecule has 146 valence electrons. The quantitative estimate of drug-likeness (QED) is 0.857. The number of amides is 1. The Hall–Kier alpha value is -2.86. The second-order valence-corrected chi connectivity index (χ2v) is 7.20. The molecule has 2 N–H and O–H groups in total. The van der Waals surface area contributed by atoms with Gasteiger partial charge in [-0.3, -0.25) is 9.79 Å². The van der Waals surface area contributed by atoms with Crippen molar-refractivity contribution in [1.82, 2.24) is 5.32 Å². The fourth-order valence-corrected chi connectivity index (χ4v) is 4.10. The van der Waals surface area contributed by atoms with Gasteiger partial charge in [-0.1, -0.05) is 12.1 Å². The van der Waals surface area contributed by atoms with Crippen molar-refractivity contribution in [3.05, 3.63) is 53.1 Å². The largest absolute Gasteiger partial charge is 0.493 e. The van der Waals surface area contributed by atoms with E-state index in [1.807, 2.05) is 30.3 Å². The fraction of sp³-hybridized carbons (Fsp3) is 0.364. The molecule has 0 aliphatic carbocycles. The first kappa shape index (κ1) is 18.5. The molecule has 2 heterocycles. The van der Waals surface area contributed by atoms with Crippen LogP contribution in [0.2, 0.25) is 0 Å². The maximum atomic E-state index is 11.3. The molecule has 0 aromatic heterocycles. The van der Waals surface area contributed by atoms with E-state index in [1.165, 1.54) is 12.5 Å². The Labute approximate surface area is 165 Å². The third-order valence-electron chi connectivity index (χ3n) is 5.43. The van der Waals surface area contributed by atoms with Crippen molar-refractivity contribution in [1.29, 1.82) is 0 Å². The maximum absolute atomic E-state index is 11.3. The number of ether oxygens (including phenoxy) is 2. The van der Waals surface area contributed by atoms with Crippen LogP contribution < -0.4 is 20.1 Å². The van der Waals surface area contributed by atoms with E-state index >= 15 is 0 Å². The number of hydrogen-bond acceptors (Lipinski definition) is 5. The van der Waals surface area contributed by atoms with Crippen molar-refractivity contribution in [3.63, 3.8) is 0 Å². The predicted octanol–water partition coefficient (Wildman–Crippen LogP) is 2.96. The van der Waals surface area contributed by atoms with Gasteiger partial charge in [0, 0.05) is 36.2 Å². The van der Waals surface area contributed by atoms with E-state index in [2.05, 4.69) is 16.7 Å². The van der Waals surface area contributed by atoms with Crippen molar-refractivity contribution in [2.24, 2.45) is 4.99 Å². The molecule has 2 aromatic carbocycles. The average molecular weight is 379 g/mol. The minimum atomic E-state index is -0.0810. The monoisotopic (exact) mass is 379 g/mol. The van der Waals surface area contributed by atoms with Crippen LogP contribution in [0.1, 0.15) is 36.0 Å². The predicted molar refractivity (Wildman–Crippen MR) is 110 cm³/mol. The number of carbonyl (C=O) groups excluding carboxylic acids is 1. The molecule has 0 saturated carbocycles. The van der Waals surface area contributed by atoms with Gasteiger partial charge >= 0.3 is 0 Å². The number of rotatable bonds is 4. The van der Waals surface area contributed by atoms with Gasteiger partial charge in [-0.25, -0.2) is 0 Å². The summed E-state index contributed by atoms with van der Waals surface area (Å²) in [6.07, 6.45) is 1.01. The second-order valence-electron chi connectivity index (χ2n) is 7.20. The molecule has 0 spiro atoms. The molecule has 28 heavy (non-hydrogen) atoms. The molecule has 2 aromatic rings. The highest BCUT2D eigenvalue weighted by atomic mass is 16.5. The lowest BCUT2D eigenvalue weighted by Crippen LogP contribution is -2.40. The van der Waals surface area contributed by atoms with Gasteiger partial charge in [0.25, 0.3) is 0 Å². The lowest BCUT2D eigenvalue weighted by Gasteiger charge is -2.36. The van der Waals surface area contributed by atoms with Gasteiger partial charge in [0.2, 0.25) is 5.91 Å². The highest BCUT2D eigenvalue weighted by molar-refractivity contribution is 6.15. The summed E-state index contributed by atoms with van der Waals surface area (Å²) >= 11 is 0. The minimum absolute atomic E-state index is 0.0810. The SMILES string of the molecule is COc1cc2c(cc1OC)C1CNCCC1N=C2c1ccc(NC(C)=O)cc1. The average Bonchev–Trinajstić information content (AvgIpc) is 2.72. The van der Waals surface area contributed by atoms with Crippen LogP contribution in [0.15, 0.2) is 41.4 Å². The first-order valence-corrected chi connectivity index (χ1v) is 9.53. The zero-order valence-electron chi connectivity index (χ0n) is 16.4. The summed E-state index contributed by atoms with van der Waals surface area (Å²) < 4.78 is 11.1. The molecule has 0 radical (unpaired) electrons. The van der Waals surface area contributed by atoms with E-state index in [1.54, 1.807) is 14.2 Å². The van der Waals surface area contributed by atoms with Crippen LogP contribution in [-0.2, 0) is 4.79 Å². The Balaban J connectivity index is 1.81. The third kappa shape index (κ3) is 3.36. The van der Waals surface area contributed by atoms with E-state index in [4.69, 9.17) is 14.5 Å². The minimum Gasteiger partial charge on any atom is -0.493 e. The topological polar surface area (TPSA) is 72.0 Å². The molecule has 1 amide bonds. The van der Waals surface area contributed by atoms with E-state index < -0.39 is 0 Å². The van der Waals surface area contributed by atoms with Crippen molar-refractivity contribution in [3.8, 4) is 11.5 Å². The number of fused-ring (bicyclic) bond motifs is 3. The van der Waals surface area contributed by atoms with Crippen molar-refractivity contribution in [2.75, 3.05) is 32.6 Å². The summed E-state index contributed by atoms with van der Waals surface area (Å²) in [4.78, 5) is 16.4. The summed E-state index contributed by atoms with van der Waals surface area (Å²) in [7, 11) is 3.32. The molecule has 1 saturated heterocycles. The summed E-state index contributed by atoms with van der Waals surface area (Å²) in [5, 5.41) is 6.30. The van der Waals surface area contributed by atoms with Crippen LogP contribution in [0.5, 0.6) is 11.5 Å². The zero-order chi connectivity index (χ0) is 19.7. The molecule has 6 heteroatoms. The number of anilines is 1. The number of nitrogens with zero attached hydrogens (tertiary/aromatic N) is 1. The van der Waals surface area contributed by atoms with Gasteiger partial charge in [0.05, 0.1) is 26.0 Å². The van der Waals surface area contributed by atoms with Crippen LogP contribution >= 0.6 is 0 Å². The first-order valence-electron chi connectivity index (χ1n) is 9.53. The van der Waals surface area contributed by atoms with Gasteiger partial charge in [-0.2, -0.15) is 0 Å². The number of hydrogen-bond donors (Lipinski definition) is 2. The van der Waals surface area contributed by atoms with Gasteiger partial charge in [0.1, 0.15) is 0 Å². The number of methoxy groups -OCH3 is 2. The molecular weight excluding hydrogens is 354 g/mol. The van der Waals surface area contributed by atoms with E-state index in [9.17, 15) is 4.79 Å². The number of piperidine rings is 1. The van der Waals surface area contributed by atoms with E-state index in [0.29, 0.717) is 11.7 Å². The number of nitrogens with one attached hydrogen (secondary N) is 2. The Morgan fingerprint density at radius 2 is 1.86 bits per heavy atom. The molecule has 1 fully saturated rings. The number of benzene rings is 2. The van der Waals surface area contributed by atoms with Gasteiger partial charge in [-0.05, 0) is 42.8 Å². The summed E-state index contributed by atoms with van der Waals surface area (Å²) in [6, 6.07) is 12.2. The molecule has 4 rings (SSSR count).